The molecule has 1 atom stereocenters. The van der Waals surface area contributed by atoms with Crippen molar-refractivity contribution < 1.29 is 13.2 Å². The highest BCUT2D eigenvalue weighted by atomic mass is 32.2. The minimum absolute atomic E-state index is 0.0236. The highest BCUT2D eigenvalue weighted by Gasteiger charge is 2.32. The lowest BCUT2D eigenvalue weighted by molar-refractivity contribution is -0.132. The zero-order chi connectivity index (χ0) is 16.6. The van der Waals surface area contributed by atoms with Crippen LogP contribution in [0.5, 0.6) is 0 Å². The molecule has 7 heteroatoms. The van der Waals surface area contributed by atoms with Gasteiger partial charge in [0.25, 0.3) is 0 Å². The summed E-state index contributed by atoms with van der Waals surface area (Å²) >= 11 is 0. The zero-order valence-electron chi connectivity index (χ0n) is 13.7. The van der Waals surface area contributed by atoms with E-state index in [1.807, 2.05) is 6.20 Å². The molecule has 0 spiro atoms. The molecule has 3 rings (SSSR count). The Hall–Kier alpha value is -1.50. The summed E-state index contributed by atoms with van der Waals surface area (Å²) in [5.74, 6) is 1.69. The van der Waals surface area contributed by atoms with Gasteiger partial charge >= 0.3 is 0 Å². The summed E-state index contributed by atoms with van der Waals surface area (Å²) in [6.45, 7) is 5.31. The number of nitrogens with zero attached hydrogens (tertiary/aromatic N) is 3. The van der Waals surface area contributed by atoms with Crippen molar-refractivity contribution in [2.45, 2.75) is 46.2 Å². The molecule has 0 radical (unpaired) electrons. The van der Waals surface area contributed by atoms with Gasteiger partial charge in [0.2, 0.25) is 5.91 Å². The number of fused-ring (bicyclic) bond motifs is 1. The van der Waals surface area contributed by atoms with E-state index in [1.165, 1.54) is 0 Å². The highest BCUT2D eigenvalue weighted by molar-refractivity contribution is 7.91. The van der Waals surface area contributed by atoms with Crippen molar-refractivity contribution in [1.29, 1.82) is 0 Å². The molecule has 2 aliphatic rings. The molecule has 1 aromatic heterocycles. The number of rotatable bonds is 4. The standard InChI is InChI=1S/C16H23N3O3S/c1-11(2)5-15-17-7-13-8-19(9-14(13)18-15)16(20)6-12-3-4-23(21,22)10-12/h7,11-12H,3-6,8-10H2,1-2H3/t12-/m0/s1. The molecule has 1 amide bonds. The van der Waals surface area contributed by atoms with Gasteiger partial charge in [-0.3, -0.25) is 4.79 Å². The van der Waals surface area contributed by atoms with Gasteiger partial charge in [-0.15, -0.1) is 0 Å². The van der Waals surface area contributed by atoms with Crippen LogP contribution in [0.15, 0.2) is 6.20 Å². The number of carbonyl (C=O) groups is 1. The number of sulfone groups is 1. The summed E-state index contributed by atoms with van der Waals surface area (Å²) in [6.07, 6.45) is 3.58. The fourth-order valence-electron chi connectivity index (χ4n) is 3.24. The number of hydrogen-bond donors (Lipinski definition) is 0. The molecular formula is C16H23N3O3S. The lowest BCUT2D eigenvalue weighted by Crippen LogP contribution is -2.27. The van der Waals surface area contributed by atoms with Gasteiger partial charge in [-0.1, -0.05) is 13.8 Å². The van der Waals surface area contributed by atoms with Crippen LogP contribution in [0.25, 0.3) is 0 Å². The first-order valence-corrected chi connectivity index (χ1v) is 9.96. The minimum Gasteiger partial charge on any atom is -0.332 e. The molecule has 0 aromatic carbocycles. The van der Waals surface area contributed by atoms with Gasteiger partial charge in [0, 0.05) is 31.1 Å². The summed E-state index contributed by atoms with van der Waals surface area (Å²) in [7, 11) is -2.93. The van der Waals surface area contributed by atoms with Crippen LogP contribution in [-0.4, -0.2) is 40.7 Å². The van der Waals surface area contributed by atoms with Crippen LogP contribution < -0.4 is 0 Å². The normalized spacial score (nSPS) is 22.6. The van der Waals surface area contributed by atoms with E-state index in [0.717, 1.165) is 23.5 Å². The fraction of sp³-hybridized carbons (Fsp3) is 0.688. The third-order valence-electron chi connectivity index (χ3n) is 4.44. The lowest BCUT2D eigenvalue weighted by Gasteiger charge is -2.17. The predicted molar refractivity (Wildman–Crippen MR) is 86.2 cm³/mol. The zero-order valence-corrected chi connectivity index (χ0v) is 14.5. The van der Waals surface area contributed by atoms with Crippen molar-refractivity contribution in [3.8, 4) is 0 Å². The number of hydrogen-bond acceptors (Lipinski definition) is 5. The maximum absolute atomic E-state index is 12.4. The summed E-state index contributed by atoms with van der Waals surface area (Å²) < 4.78 is 23.0. The van der Waals surface area contributed by atoms with Crippen molar-refractivity contribution in [2.75, 3.05) is 11.5 Å². The minimum atomic E-state index is -2.93. The number of aromatic nitrogens is 2. The molecule has 2 aliphatic heterocycles. The smallest absolute Gasteiger partial charge is 0.223 e. The van der Waals surface area contributed by atoms with E-state index >= 15 is 0 Å². The van der Waals surface area contributed by atoms with E-state index in [2.05, 4.69) is 23.8 Å². The molecule has 1 aromatic rings. The summed E-state index contributed by atoms with van der Waals surface area (Å²) in [5.41, 5.74) is 1.94. The Bertz CT molecular complexity index is 715. The summed E-state index contributed by atoms with van der Waals surface area (Å²) in [5, 5.41) is 0. The van der Waals surface area contributed by atoms with Crippen molar-refractivity contribution in [2.24, 2.45) is 11.8 Å². The summed E-state index contributed by atoms with van der Waals surface area (Å²) in [4.78, 5) is 23.2. The van der Waals surface area contributed by atoms with E-state index in [1.54, 1.807) is 4.90 Å². The molecule has 126 valence electrons. The van der Waals surface area contributed by atoms with E-state index in [0.29, 0.717) is 31.8 Å². The average molecular weight is 337 g/mol. The van der Waals surface area contributed by atoms with Crippen LogP contribution in [0.4, 0.5) is 0 Å². The fourth-order valence-corrected chi connectivity index (χ4v) is 5.11. The number of carbonyl (C=O) groups excluding carboxylic acids is 1. The monoisotopic (exact) mass is 337 g/mol. The van der Waals surface area contributed by atoms with Gasteiger partial charge in [-0.2, -0.15) is 0 Å². The number of amides is 1. The summed E-state index contributed by atoms with van der Waals surface area (Å²) in [6, 6.07) is 0. The van der Waals surface area contributed by atoms with Gasteiger partial charge in [0.1, 0.15) is 5.82 Å². The molecule has 0 saturated carbocycles. The highest BCUT2D eigenvalue weighted by Crippen LogP contribution is 2.26. The van der Waals surface area contributed by atoms with Crippen LogP contribution >= 0.6 is 0 Å². The van der Waals surface area contributed by atoms with Crippen molar-refractivity contribution >= 4 is 15.7 Å². The average Bonchev–Trinajstić information content (AvgIpc) is 3.01. The molecule has 0 bridgehead atoms. The topological polar surface area (TPSA) is 80.2 Å². The molecule has 0 unspecified atom stereocenters. The predicted octanol–water partition coefficient (Wildman–Crippen LogP) is 1.34. The van der Waals surface area contributed by atoms with E-state index in [4.69, 9.17) is 0 Å². The van der Waals surface area contributed by atoms with E-state index in [9.17, 15) is 13.2 Å². The largest absolute Gasteiger partial charge is 0.332 e. The van der Waals surface area contributed by atoms with Gasteiger partial charge in [0.05, 0.1) is 23.7 Å². The molecule has 6 nitrogen and oxygen atoms in total. The Morgan fingerprint density at radius 2 is 2.17 bits per heavy atom. The first-order chi connectivity index (χ1) is 10.8. The van der Waals surface area contributed by atoms with Crippen LogP contribution in [0.3, 0.4) is 0 Å². The first kappa shape index (κ1) is 16.4. The molecule has 23 heavy (non-hydrogen) atoms. The third-order valence-corrected chi connectivity index (χ3v) is 6.28. The molecule has 3 heterocycles. The van der Waals surface area contributed by atoms with Crippen molar-refractivity contribution in [3.63, 3.8) is 0 Å². The Labute approximate surface area is 137 Å². The van der Waals surface area contributed by atoms with Gasteiger partial charge in [0.15, 0.2) is 9.84 Å². The maximum atomic E-state index is 12.4. The molecule has 1 fully saturated rings. The Morgan fingerprint density at radius 3 is 2.83 bits per heavy atom. The second-order valence-electron chi connectivity index (χ2n) is 7.08. The molecular weight excluding hydrogens is 314 g/mol. The first-order valence-electron chi connectivity index (χ1n) is 8.14. The second kappa shape index (κ2) is 6.19. The van der Waals surface area contributed by atoms with Gasteiger partial charge in [-0.25, -0.2) is 18.4 Å². The maximum Gasteiger partial charge on any atom is 0.223 e. The Morgan fingerprint density at radius 1 is 1.39 bits per heavy atom. The molecule has 0 aliphatic carbocycles. The quantitative estimate of drug-likeness (QED) is 0.828. The Kier molecular flexibility index (Phi) is 4.40. The second-order valence-corrected chi connectivity index (χ2v) is 9.31. The van der Waals surface area contributed by atoms with Crippen LogP contribution in [-0.2, 0) is 34.1 Å². The van der Waals surface area contributed by atoms with E-state index in [-0.39, 0.29) is 23.3 Å². The van der Waals surface area contributed by atoms with Crippen molar-refractivity contribution in [1.82, 2.24) is 14.9 Å². The van der Waals surface area contributed by atoms with Gasteiger partial charge in [-0.05, 0) is 18.3 Å². The van der Waals surface area contributed by atoms with E-state index < -0.39 is 9.84 Å². The third kappa shape index (κ3) is 3.88. The lowest BCUT2D eigenvalue weighted by atomic mass is 10.0. The van der Waals surface area contributed by atoms with Crippen LogP contribution in [0.2, 0.25) is 0 Å². The van der Waals surface area contributed by atoms with Crippen molar-refractivity contribution in [3.05, 3.63) is 23.3 Å². The Balaban J connectivity index is 1.61. The van der Waals surface area contributed by atoms with Crippen LogP contribution in [0.1, 0.15) is 43.8 Å². The molecule has 0 N–H and O–H groups in total. The SMILES string of the molecule is CC(C)Cc1ncc2c(n1)CN(C(=O)C[C@@H]1CCS(=O)(=O)C1)C2. The van der Waals surface area contributed by atoms with Gasteiger partial charge < -0.3 is 4.90 Å². The van der Waals surface area contributed by atoms with Crippen LogP contribution in [0, 0.1) is 11.8 Å². The molecule has 1 saturated heterocycles.